The number of phenols is 2. The fraction of sp³-hybridized carbons (Fsp3) is 0.442. The summed E-state index contributed by atoms with van der Waals surface area (Å²) in [6, 6.07) is 5.42. The second-order valence-electron chi connectivity index (χ2n) is 18.7. The fourth-order valence-corrected chi connectivity index (χ4v) is 8.36. The maximum atomic E-state index is 14.2. The monoisotopic (exact) mass is 1170 g/mol. The Morgan fingerprint density at radius 1 is 0.506 bits per heavy atom. The van der Waals surface area contributed by atoms with Crippen molar-refractivity contribution >= 4 is 89.4 Å². The second-order valence-corrected chi connectivity index (χ2v) is 20.1. The lowest BCUT2D eigenvalue weighted by Crippen LogP contribution is -2.63. The number of primary amides is 1. The van der Waals surface area contributed by atoms with Crippen molar-refractivity contribution in [3.05, 3.63) is 95.6 Å². The average Bonchev–Trinajstić information content (AvgIpc) is 3.42. The Morgan fingerprint density at radius 2 is 0.889 bits per heavy atom. The van der Waals surface area contributed by atoms with E-state index in [-0.39, 0.29) is 42.9 Å². The van der Waals surface area contributed by atoms with E-state index in [9.17, 15) is 78.3 Å². The molecule has 3 rings (SSSR count). The lowest BCUT2D eigenvalue weighted by Gasteiger charge is -2.29. The third-order valence-electron chi connectivity index (χ3n) is 12.1. The maximum Gasteiger partial charge on any atom is 0.326 e. The molecule has 27 nitrogen and oxygen atoms in total. The van der Waals surface area contributed by atoms with Gasteiger partial charge < -0.3 is 84.9 Å². The van der Waals surface area contributed by atoms with Gasteiger partial charge in [-0.3, -0.25) is 47.9 Å². The number of aliphatic hydroxyl groups is 2. The van der Waals surface area contributed by atoms with Gasteiger partial charge in [-0.1, -0.05) is 54.6 Å². The molecule has 0 bridgehead atoms. The van der Waals surface area contributed by atoms with Crippen molar-refractivity contribution in [1.29, 1.82) is 0 Å². The number of nitrogens with one attached hydrogen (secondary N) is 9. The molecule has 0 aliphatic rings. The van der Waals surface area contributed by atoms with E-state index in [1.165, 1.54) is 74.1 Å². The van der Waals surface area contributed by atoms with Crippen LogP contribution in [-0.2, 0) is 72.0 Å². The molecule has 81 heavy (non-hydrogen) atoms. The number of phenolic OH excluding ortho intramolecular Hbond substituents is 2. The summed E-state index contributed by atoms with van der Waals surface area (Å²) in [5.74, 6) is -11.6. The first-order chi connectivity index (χ1) is 38.3. The minimum Gasteiger partial charge on any atom is -0.508 e. The van der Waals surface area contributed by atoms with Crippen LogP contribution in [0.1, 0.15) is 50.3 Å². The average molecular weight is 1170 g/mol. The number of rotatable bonds is 33. The molecule has 29 heteroatoms. The van der Waals surface area contributed by atoms with Crippen LogP contribution in [-0.4, -0.2) is 181 Å². The molecule has 0 spiro atoms. The molecular weight excluding hydrogens is 1100 g/mol. The molecule has 442 valence electrons. The van der Waals surface area contributed by atoms with Gasteiger partial charge in [-0.25, -0.2) is 4.79 Å². The molecule has 0 heterocycles. The summed E-state index contributed by atoms with van der Waals surface area (Å²) < 4.78 is 0. The molecule has 0 unspecified atom stereocenters. The van der Waals surface area contributed by atoms with E-state index in [1.807, 2.05) is 0 Å². The molecule has 0 aromatic heterocycles. The zero-order valence-electron chi connectivity index (χ0n) is 44.8. The highest BCUT2D eigenvalue weighted by Crippen LogP contribution is 2.15. The van der Waals surface area contributed by atoms with Gasteiger partial charge >= 0.3 is 5.97 Å². The first kappa shape index (κ1) is 67.3. The first-order valence-corrected chi connectivity index (χ1v) is 27.3. The van der Waals surface area contributed by atoms with Crippen LogP contribution in [0.4, 0.5) is 0 Å². The number of hydrogen-bond donors (Lipinski definition) is 17. The Labute approximate surface area is 476 Å². The van der Waals surface area contributed by atoms with E-state index < -0.39 is 145 Å². The predicted octanol–water partition coefficient (Wildman–Crippen LogP) is -4.13. The molecule has 0 saturated heterocycles. The standard InChI is InChI=1S/C52H71N11O16S2/c1-26(44(70)58-36(22-31-12-16-33(67)17-13-31)46(72)61-39(25-80)49(75)57-34(18-19-81-4)45(71)60-38(52(78)79)23-40(54)68)55-50(76)42(27(2)64)62-48(74)37(20-29-8-6-5-7-9-29)59-51(77)43(28(3)65)63-47(73)35(56-41(69)24-53)21-30-10-14-32(66)15-11-30/h5-17,26-28,34-39,42-43,64-67,80H,18-25,53H2,1-4H3,(H2,54,68)(H,55,76)(H,56,69)(H,57,75)(H,58,70)(H,59,77)(H,60,71)(H,61,72)(H,62,74)(H,63,73)(H,78,79)/t26-,27+,28+,34-,35-,36-,37-,38-,39-,42-,43-/m0/s1. The molecular formula is C52H71N11O16S2. The molecule has 0 aliphatic heterocycles. The number of hydrogen-bond acceptors (Lipinski definition) is 18. The van der Waals surface area contributed by atoms with Gasteiger partial charge in [0.25, 0.3) is 0 Å². The third-order valence-corrected chi connectivity index (χ3v) is 13.1. The van der Waals surface area contributed by atoms with Crippen molar-refractivity contribution in [1.82, 2.24) is 47.9 Å². The maximum absolute atomic E-state index is 14.2. The van der Waals surface area contributed by atoms with Crippen LogP contribution < -0.4 is 59.3 Å². The highest BCUT2D eigenvalue weighted by molar-refractivity contribution is 7.98. The number of aliphatic carboxylic acids is 1. The number of benzene rings is 3. The zero-order valence-corrected chi connectivity index (χ0v) is 46.5. The van der Waals surface area contributed by atoms with Gasteiger partial charge in [0, 0.05) is 25.0 Å². The van der Waals surface area contributed by atoms with E-state index in [1.54, 1.807) is 36.6 Å². The Hall–Kier alpha value is -7.99. The summed E-state index contributed by atoms with van der Waals surface area (Å²) >= 11 is 5.50. The van der Waals surface area contributed by atoms with Crippen molar-refractivity contribution in [2.45, 2.75) is 119 Å². The second kappa shape index (κ2) is 33.6. The number of carbonyl (C=O) groups excluding carboxylic acids is 10. The number of amides is 10. The van der Waals surface area contributed by atoms with Crippen molar-refractivity contribution in [2.24, 2.45) is 11.5 Å². The van der Waals surface area contributed by atoms with E-state index in [0.29, 0.717) is 22.4 Å². The molecule has 0 aliphatic carbocycles. The van der Waals surface area contributed by atoms with Crippen molar-refractivity contribution in [3.8, 4) is 11.5 Å². The van der Waals surface area contributed by atoms with Gasteiger partial charge in [-0.05, 0) is 80.2 Å². The Kier molecular flexibility index (Phi) is 27.9. The lowest BCUT2D eigenvalue weighted by atomic mass is 10.0. The molecule has 11 atom stereocenters. The molecule has 10 amide bonds. The summed E-state index contributed by atoms with van der Waals surface area (Å²) in [7, 11) is 0. The Bertz CT molecular complexity index is 2650. The number of thiol groups is 1. The van der Waals surface area contributed by atoms with Crippen LogP contribution >= 0.6 is 24.4 Å². The zero-order chi connectivity index (χ0) is 60.5. The normalized spacial score (nSPS) is 15.1. The third kappa shape index (κ3) is 23.0. The molecule has 3 aromatic rings. The van der Waals surface area contributed by atoms with Gasteiger partial charge in [0.1, 0.15) is 65.9 Å². The van der Waals surface area contributed by atoms with Gasteiger partial charge in [0.2, 0.25) is 59.1 Å². The number of aliphatic hydroxyl groups excluding tert-OH is 2. The van der Waals surface area contributed by atoms with Gasteiger partial charge in [0.15, 0.2) is 0 Å². The highest BCUT2D eigenvalue weighted by Gasteiger charge is 2.37. The number of thioether (sulfide) groups is 1. The van der Waals surface area contributed by atoms with Crippen LogP contribution in [0.25, 0.3) is 0 Å². The summed E-state index contributed by atoms with van der Waals surface area (Å²) in [6.45, 7) is 3.05. The topological polar surface area (TPSA) is 449 Å². The van der Waals surface area contributed by atoms with E-state index in [2.05, 4.69) is 60.5 Å². The van der Waals surface area contributed by atoms with Crippen molar-refractivity contribution in [3.63, 3.8) is 0 Å². The largest absolute Gasteiger partial charge is 0.508 e. The molecule has 3 aromatic carbocycles. The summed E-state index contributed by atoms with van der Waals surface area (Å²) in [4.78, 5) is 146. The molecule has 0 radical (unpaired) electrons. The minimum atomic E-state index is -1.81. The van der Waals surface area contributed by atoms with Gasteiger partial charge in [0.05, 0.1) is 25.2 Å². The van der Waals surface area contributed by atoms with E-state index in [0.717, 1.165) is 6.92 Å². The van der Waals surface area contributed by atoms with Crippen LogP contribution in [0.3, 0.4) is 0 Å². The summed E-state index contributed by atoms with van der Waals surface area (Å²) in [6.07, 6.45) is -2.93. The van der Waals surface area contributed by atoms with Gasteiger partial charge in [-0.15, -0.1) is 0 Å². The molecule has 0 fully saturated rings. The van der Waals surface area contributed by atoms with Gasteiger partial charge in [-0.2, -0.15) is 24.4 Å². The quantitative estimate of drug-likeness (QED) is 0.0258. The number of nitrogens with two attached hydrogens (primary N) is 2. The lowest BCUT2D eigenvalue weighted by molar-refractivity contribution is -0.143. The minimum absolute atomic E-state index is 0.0143. The number of carboxylic acid groups (broad SMARTS) is 1. The van der Waals surface area contributed by atoms with Crippen molar-refractivity contribution in [2.75, 3.05) is 24.3 Å². The highest BCUT2D eigenvalue weighted by atomic mass is 32.2. The van der Waals surface area contributed by atoms with E-state index in [4.69, 9.17) is 11.5 Å². The number of aromatic hydroxyl groups is 2. The smallest absolute Gasteiger partial charge is 0.326 e. The van der Waals surface area contributed by atoms with Crippen molar-refractivity contribution < 1.29 is 78.3 Å². The summed E-state index contributed by atoms with van der Waals surface area (Å²) in [5.41, 5.74) is 12.0. The van der Waals surface area contributed by atoms with Crippen LogP contribution in [0.15, 0.2) is 78.9 Å². The van der Waals surface area contributed by atoms with E-state index >= 15 is 0 Å². The summed E-state index contributed by atoms with van der Waals surface area (Å²) in [5, 5.41) is 72.5. The number of carbonyl (C=O) groups is 11. The van der Waals surface area contributed by atoms with Crippen LogP contribution in [0.5, 0.6) is 11.5 Å². The Balaban J connectivity index is 1.84. The first-order valence-electron chi connectivity index (χ1n) is 25.3. The van der Waals surface area contributed by atoms with Crippen LogP contribution in [0, 0.1) is 0 Å². The fourth-order valence-electron chi connectivity index (χ4n) is 7.63. The molecule has 0 saturated carbocycles. The Morgan fingerprint density at radius 3 is 1.32 bits per heavy atom. The SMILES string of the molecule is CSCC[C@H](NC(=O)[C@H](CS)NC(=O)[C@H](Cc1ccc(O)cc1)NC(=O)[C@H](C)NC(=O)[C@@H](NC(=O)[C@H](Cc1ccccc1)NC(=O)[C@@H](NC(=O)[C@H](Cc1ccc(O)cc1)NC(=O)CN)[C@@H](C)O)[C@@H](C)O)C(=O)N[C@@H](CC(N)=O)C(=O)O. The predicted molar refractivity (Wildman–Crippen MR) is 298 cm³/mol. The number of carboxylic acids is 1. The molecule has 18 N–H and O–H groups in total. The van der Waals surface area contributed by atoms with Crippen LogP contribution in [0.2, 0.25) is 0 Å².